The molecule has 9 aliphatic heterocycles. The van der Waals surface area contributed by atoms with Gasteiger partial charge in [-0.25, -0.2) is 25.0 Å². The van der Waals surface area contributed by atoms with Gasteiger partial charge >= 0.3 is 0 Å². The first-order valence-electron chi connectivity index (χ1n) is 24.2. The summed E-state index contributed by atoms with van der Waals surface area (Å²) in [5, 5.41) is 12.7. The minimum Gasteiger partial charge on any atom is -0.385 e. The molecule has 9 heterocycles. The van der Waals surface area contributed by atoms with E-state index in [9.17, 15) is 5.11 Å². The first-order valence-corrected chi connectivity index (χ1v) is 24.2. The second-order valence-corrected chi connectivity index (χ2v) is 17.1. The molecule has 0 amide bonds. The highest BCUT2D eigenvalue weighted by molar-refractivity contribution is 5.83. The van der Waals surface area contributed by atoms with Crippen molar-refractivity contribution >= 4 is 29.2 Å². The quantitative estimate of drug-likeness (QED) is 0.0323. The number of hydroxylamine groups is 7. The number of nitrogens with one attached hydrogen (secondary N) is 7. The van der Waals surface area contributed by atoms with Crippen molar-refractivity contribution in [2.24, 2.45) is 25.0 Å². The van der Waals surface area contributed by atoms with E-state index in [0.29, 0.717) is 93.9 Å². The predicted octanol–water partition coefficient (Wildman–Crippen LogP) is -2.20. The monoisotopic (exact) mass is 1030 g/mol. The van der Waals surface area contributed by atoms with Crippen LogP contribution in [0.5, 0.6) is 0 Å². The molecule has 402 valence electrons. The maximum absolute atomic E-state index is 12.7. The number of aliphatic hydroxyl groups excluding tert-OH is 1. The second kappa shape index (κ2) is 27.8. The van der Waals surface area contributed by atoms with Gasteiger partial charge in [-0.15, -0.1) is 0 Å². The summed E-state index contributed by atoms with van der Waals surface area (Å²) in [6.07, 6.45) is -1.52. The Kier molecular flexibility index (Phi) is 20.3. The van der Waals surface area contributed by atoms with E-state index in [0.717, 1.165) is 11.4 Å². The summed E-state index contributed by atoms with van der Waals surface area (Å²) in [6, 6.07) is 0. The van der Waals surface area contributed by atoms with E-state index in [4.69, 9.17) is 81.2 Å². The maximum atomic E-state index is 12.7. The molecule has 5 unspecified atom stereocenters. The number of hydrogen-bond donors (Lipinski definition) is 8. The summed E-state index contributed by atoms with van der Waals surface area (Å²) in [4.78, 5) is 58.3. The molecule has 30 nitrogen and oxygen atoms in total. The Morgan fingerprint density at radius 3 is 1.40 bits per heavy atom. The number of rotatable bonds is 33. The molecule has 0 aromatic heterocycles. The van der Waals surface area contributed by atoms with Crippen LogP contribution in [0, 0.1) is 0 Å². The molecule has 2 saturated heterocycles. The molecular formula is C42H66N12O18. The van der Waals surface area contributed by atoms with Crippen molar-refractivity contribution in [2.75, 3.05) is 113 Å². The van der Waals surface area contributed by atoms with Crippen molar-refractivity contribution in [3.8, 4) is 0 Å². The van der Waals surface area contributed by atoms with Crippen LogP contribution in [0.2, 0.25) is 0 Å². The Bertz CT molecular complexity index is 1950. The van der Waals surface area contributed by atoms with Gasteiger partial charge in [-0.05, 0) is 12.2 Å². The number of amidine groups is 5. The summed E-state index contributed by atoms with van der Waals surface area (Å²) in [5.74, 6) is 1.06. The largest absolute Gasteiger partial charge is 0.385 e. The highest BCUT2D eigenvalue weighted by Gasteiger charge is 2.61. The van der Waals surface area contributed by atoms with Crippen LogP contribution < -0.4 is 38.4 Å². The van der Waals surface area contributed by atoms with Gasteiger partial charge in [0.15, 0.2) is 39.9 Å². The van der Waals surface area contributed by atoms with Crippen molar-refractivity contribution in [1.29, 1.82) is 0 Å². The highest BCUT2D eigenvalue weighted by atomic mass is 16.8. The van der Waals surface area contributed by atoms with Gasteiger partial charge in [0.05, 0.1) is 72.7 Å². The fourth-order valence-corrected chi connectivity index (χ4v) is 8.49. The number of nitrogens with zero attached hydrogens (tertiary/aromatic N) is 5. The molecule has 8 N–H and O–H groups in total. The third-order valence-corrected chi connectivity index (χ3v) is 12.1. The fraction of sp³-hybridized carbons (Fsp3) is 0.786. The van der Waals surface area contributed by atoms with Gasteiger partial charge in [0.1, 0.15) is 78.5 Å². The van der Waals surface area contributed by atoms with Crippen molar-refractivity contribution in [2.45, 2.75) is 99.8 Å². The van der Waals surface area contributed by atoms with Crippen molar-refractivity contribution in [3.63, 3.8) is 0 Å². The molecule has 0 spiro atoms. The molecule has 0 saturated carbocycles. The molecular weight excluding hydrogens is 961 g/mol. The molecule has 2 fully saturated rings. The van der Waals surface area contributed by atoms with Crippen LogP contribution in [0.3, 0.4) is 0 Å². The van der Waals surface area contributed by atoms with Gasteiger partial charge < -0.3 is 52.5 Å². The van der Waals surface area contributed by atoms with Crippen molar-refractivity contribution < 1.29 is 86.3 Å². The molecule has 9 atom stereocenters. The molecule has 9 aliphatic rings. The first kappa shape index (κ1) is 52.6. The van der Waals surface area contributed by atoms with Gasteiger partial charge in [0.25, 0.3) is 0 Å². The smallest absolute Gasteiger partial charge is 0.224 e. The lowest BCUT2D eigenvalue weighted by Gasteiger charge is -2.48. The first-order chi connectivity index (χ1) is 35.6. The number of aliphatic hydroxyl groups is 1. The lowest BCUT2D eigenvalue weighted by Crippen LogP contribution is -2.65. The minimum atomic E-state index is -1.97. The molecule has 30 heteroatoms. The van der Waals surface area contributed by atoms with E-state index < -0.39 is 54.8 Å². The van der Waals surface area contributed by atoms with E-state index in [2.05, 4.69) is 63.3 Å². The number of ether oxygens (including phenoxy) is 10. The molecule has 9 rings (SSSR count). The molecule has 0 bridgehead atoms. The zero-order valence-corrected chi connectivity index (χ0v) is 39.9. The Labute approximate surface area is 414 Å². The molecule has 0 aromatic carbocycles. The summed E-state index contributed by atoms with van der Waals surface area (Å²) >= 11 is 0. The summed E-state index contributed by atoms with van der Waals surface area (Å²) < 4.78 is 66.6. The molecule has 72 heavy (non-hydrogen) atoms. The van der Waals surface area contributed by atoms with Crippen LogP contribution in [-0.4, -0.2) is 202 Å². The predicted molar refractivity (Wildman–Crippen MR) is 244 cm³/mol. The number of aliphatic imine (C=N–C) groups is 5. The minimum absolute atomic E-state index is 0.0175. The van der Waals surface area contributed by atoms with Gasteiger partial charge in [-0.2, -0.15) is 0 Å². The average Bonchev–Trinajstić information content (AvgIpc) is 4.24. The lowest BCUT2D eigenvalue weighted by molar-refractivity contribution is -0.393. The standard InChI is InChI=1S/C42H66N12O18/c55-40-37(60-14-7-33-45-24-67-52-33)30(20-57-11-5-31-43-22-65-50-31)71-42(40,21-58-12-6-32-44-23-66-51-32)72-41-39(62-16-9-35-47-26-69-54-35)38(61-15-8-34-46-25-68-53-34)36(59-13-2-28-4-18-64-49-28)29(70-41)19-56-10-1-27-3-17-63-48-27/h3-4,29-30,36-41,48-49,55H,1-2,5-26H2,(H,43,50)(H,44,51)(H,45,52)(H,46,53)(H,47,54)/t29?,30-,36-,37?,38?,39?,40?,41-,42+/m1/s1. The third-order valence-electron chi connectivity index (χ3n) is 12.1. The summed E-state index contributed by atoms with van der Waals surface area (Å²) in [7, 11) is 0. The van der Waals surface area contributed by atoms with Crippen LogP contribution in [-0.2, 0) is 81.2 Å². The zero-order valence-electron chi connectivity index (χ0n) is 39.9. The van der Waals surface area contributed by atoms with Gasteiger partial charge in [-0.1, -0.05) is 0 Å². The third kappa shape index (κ3) is 15.2. The van der Waals surface area contributed by atoms with Crippen molar-refractivity contribution in [3.05, 3.63) is 23.5 Å². The Morgan fingerprint density at radius 1 is 0.472 bits per heavy atom. The SMILES string of the molecule is OC1C(OCCC2=NCON2)[C@@H](COCCC2=NCON2)O[C@@]1(COCCC1=NCON1)O[C@H]1OC(COCCC2=CCON2)[C@@H](OCCC2=CCON2)C(OCCC2=NCON2)C1OCCC1=NCON1. The Morgan fingerprint density at radius 2 is 0.903 bits per heavy atom. The molecule has 0 aromatic rings. The molecule has 0 radical (unpaired) electrons. The zero-order chi connectivity index (χ0) is 49.1. The highest BCUT2D eigenvalue weighted by Crippen LogP contribution is 2.40. The summed E-state index contributed by atoms with van der Waals surface area (Å²) in [6.45, 7) is 2.85. The average molecular weight is 1030 g/mol. The normalized spacial score (nSPS) is 30.8. The van der Waals surface area contributed by atoms with Crippen LogP contribution in [0.15, 0.2) is 48.5 Å². The van der Waals surface area contributed by atoms with Gasteiger partial charge in [0, 0.05) is 56.3 Å². The lowest BCUT2D eigenvalue weighted by atomic mass is 9.97. The van der Waals surface area contributed by atoms with Crippen LogP contribution in [0.4, 0.5) is 0 Å². The second-order valence-electron chi connectivity index (χ2n) is 17.1. The van der Waals surface area contributed by atoms with E-state index in [1.54, 1.807) is 0 Å². The Balaban J connectivity index is 1.01. The van der Waals surface area contributed by atoms with Gasteiger partial charge in [-0.3, -0.25) is 72.2 Å². The van der Waals surface area contributed by atoms with Crippen LogP contribution >= 0.6 is 0 Å². The van der Waals surface area contributed by atoms with E-state index in [1.165, 1.54) is 0 Å². The topological polar surface area (TPSA) is 323 Å². The fourth-order valence-electron chi connectivity index (χ4n) is 8.49. The van der Waals surface area contributed by atoms with E-state index in [1.807, 2.05) is 12.2 Å². The maximum Gasteiger partial charge on any atom is 0.224 e. The van der Waals surface area contributed by atoms with E-state index >= 15 is 0 Å². The van der Waals surface area contributed by atoms with Crippen molar-refractivity contribution in [1.82, 2.24) is 38.4 Å². The van der Waals surface area contributed by atoms with Crippen LogP contribution in [0.1, 0.15) is 44.9 Å². The van der Waals surface area contributed by atoms with Gasteiger partial charge in [0.2, 0.25) is 5.79 Å². The Hall–Kier alpha value is -4.29. The summed E-state index contributed by atoms with van der Waals surface area (Å²) in [5.41, 5.74) is 21.6. The number of hydrogen-bond acceptors (Lipinski definition) is 30. The molecule has 0 aliphatic carbocycles. The van der Waals surface area contributed by atoms with Crippen LogP contribution in [0.25, 0.3) is 0 Å². The van der Waals surface area contributed by atoms with E-state index in [-0.39, 0.29) is 93.1 Å².